The van der Waals surface area contributed by atoms with Crippen LogP contribution in [0.1, 0.15) is 48.6 Å². The highest BCUT2D eigenvalue weighted by Gasteiger charge is 2.31. The highest BCUT2D eigenvalue weighted by atomic mass is 19.4. The van der Waals surface area contributed by atoms with Crippen LogP contribution in [0.4, 0.5) is 13.2 Å². The second-order valence-corrected chi connectivity index (χ2v) is 5.67. The molecule has 0 bridgehead atoms. The summed E-state index contributed by atoms with van der Waals surface area (Å²) in [5.41, 5.74) is 0.642. The molecule has 0 amide bonds. The molecular weight excluding hydrogens is 317 g/mol. The fourth-order valence-electron chi connectivity index (χ4n) is 2.56. The number of aromatic nitrogens is 1. The van der Waals surface area contributed by atoms with Gasteiger partial charge in [-0.25, -0.2) is 0 Å². The van der Waals surface area contributed by atoms with Crippen molar-refractivity contribution in [3.05, 3.63) is 65.5 Å². The number of pyridine rings is 1. The Bertz CT molecular complexity index is 632. The predicted molar refractivity (Wildman–Crippen MR) is 86.3 cm³/mol. The molecule has 2 rings (SSSR count). The van der Waals surface area contributed by atoms with Crippen molar-refractivity contribution in [1.82, 2.24) is 10.3 Å². The maximum Gasteiger partial charge on any atom is 0.416 e. The second-order valence-electron chi connectivity index (χ2n) is 5.67. The van der Waals surface area contributed by atoms with Crippen molar-refractivity contribution >= 4 is 0 Å². The summed E-state index contributed by atoms with van der Waals surface area (Å²) in [6.07, 6.45) is -0.408. The summed E-state index contributed by atoms with van der Waals surface area (Å²) in [6.45, 7) is 2.23. The lowest BCUT2D eigenvalue weighted by Crippen LogP contribution is -2.27. The number of rotatable bonds is 7. The van der Waals surface area contributed by atoms with Gasteiger partial charge in [-0.2, -0.15) is 13.2 Å². The van der Waals surface area contributed by atoms with Gasteiger partial charge in [0.1, 0.15) is 0 Å². The van der Waals surface area contributed by atoms with Gasteiger partial charge in [-0.1, -0.05) is 25.5 Å². The maximum absolute atomic E-state index is 12.9. The first-order valence-corrected chi connectivity index (χ1v) is 7.90. The quantitative estimate of drug-likeness (QED) is 0.793. The van der Waals surface area contributed by atoms with Gasteiger partial charge in [-0.05, 0) is 41.8 Å². The van der Waals surface area contributed by atoms with E-state index in [4.69, 9.17) is 0 Å². The molecule has 0 spiro atoms. The lowest BCUT2D eigenvalue weighted by atomic mass is 9.99. The van der Waals surface area contributed by atoms with Crippen LogP contribution in [-0.4, -0.2) is 16.6 Å². The van der Waals surface area contributed by atoms with Crippen LogP contribution < -0.4 is 5.32 Å². The fraction of sp³-hybridized carbons (Fsp3) is 0.389. The topological polar surface area (TPSA) is 45.1 Å². The van der Waals surface area contributed by atoms with Crippen LogP contribution in [0.25, 0.3) is 0 Å². The molecule has 3 nitrogen and oxygen atoms in total. The summed E-state index contributed by atoms with van der Waals surface area (Å²) in [5.74, 6) is 0. The molecule has 24 heavy (non-hydrogen) atoms. The van der Waals surface area contributed by atoms with Crippen molar-refractivity contribution in [1.29, 1.82) is 0 Å². The first-order valence-electron chi connectivity index (χ1n) is 7.90. The summed E-state index contributed by atoms with van der Waals surface area (Å²) in [7, 11) is 0. The molecule has 1 aromatic carbocycles. The van der Waals surface area contributed by atoms with Gasteiger partial charge in [-0.3, -0.25) is 4.98 Å². The number of benzene rings is 1. The number of hydrogen-bond acceptors (Lipinski definition) is 3. The monoisotopic (exact) mass is 338 g/mol. The normalized spacial score (nSPS) is 14.4. The molecule has 0 fully saturated rings. The molecule has 1 aromatic heterocycles. The van der Waals surface area contributed by atoms with E-state index < -0.39 is 17.8 Å². The first kappa shape index (κ1) is 18.4. The van der Waals surface area contributed by atoms with Crippen molar-refractivity contribution in [2.75, 3.05) is 6.54 Å². The molecular formula is C18H21F3N2O. The van der Waals surface area contributed by atoms with Crippen LogP contribution in [0, 0.1) is 0 Å². The van der Waals surface area contributed by atoms with Crippen LogP contribution >= 0.6 is 0 Å². The SMILES string of the molecule is CCCC(NCC(O)c1ccncc1)c1cccc(C(F)(F)F)c1. The molecule has 0 aliphatic heterocycles. The zero-order valence-corrected chi connectivity index (χ0v) is 13.4. The Morgan fingerprint density at radius 1 is 1.12 bits per heavy atom. The molecule has 6 heteroatoms. The Morgan fingerprint density at radius 3 is 2.46 bits per heavy atom. The largest absolute Gasteiger partial charge is 0.416 e. The minimum atomic E-state index is -4.36. The van der Waals surface area contributed by atoms with E-state index >= 15 is 0 Å². The zero-order valence-electron chi connectivity index (χ0n) is 13.4. The minimum absolute atomic E-state index is 0.242. The van der Waals surface area contributed by atoms with Crippen LogP contribution in [0.15, 0.2) is 48.8 Å². The van der Waals surface area contributed by atoms with Crippen molar-refractivity contribution < 1.29 is 18.3 Å². The number of halogens is 3. The summed E-state index contributed by atoms with van der Waals surface area (Å²) >= 11 is 0. The lowest BCUT2D eigenvalue weighted by molar-refractivity contribution is -0.137. The Kier molecular flexibility index (Phi) is 6.34. The maximum atomic E-state index is 12.9. The number of aliphatic hydroxyl groups excluding tert-OH is 1. The minimum Gasteiger partial charge on any atom is -0.387 e. The van der Waals surface area contributed by atoms with Gasteiger partial charge in [0, 0.05) is 25.0 Å². The third-order valence-corrected chi connectivity index (χ3v) is 3.84. The van der Waals surface area contributed by atoms with Crippen LogP contribution in [0.2, 0.25) is 0 Å². The Balaban J connectivity index is 2.09. The number of nitrogens with one attached hydrogen (secondary N) is 1. The van der Waals surface area contributed by atoms with Crippen molar-refractivity contribution in [2.24, 2.45) is 0 Å². The van der Waals surface area contributed by atoms with Gasteiger partial charge in [0.15, 0.2) is 0 Å². The van der Waals surface area contributed by atoms with E-state index in [9.17, 15) is 18.3 Å². The zero-order chi connectivity index (χ0) is 17.6. The molecule has 2 aromatic rings. The predicted octanol–water partition coefficient (Wildman–Crippen LogP) is 4.26. The third kappa shape index (κ3) is 5.04. The molecule has 1 heterocycles. The first-order chi connectivity index (χ1) is 11.4. The van der Waals surface area contributed by atoms with Gasteiger partial charge in [0.2, 0.25) is 0 Å². The van der Waals surface area contributed by atoms with Crippen LogP contribution in [0.5, 0.6) is 0 Å². The number of alkyl halides is 3. The molecule has 0 radical (unpaired) electrons. The molecule has 0 saturated heterocycles. The smallest absolute Gasteiger partial charge is 0.387 e. The molecule has 0 aliphatic carbocycles. The Hall–Kier alpha value is -1.92. The van der Waals surface area contributed by atoms with Crippen LogP contribution in [0.3, 0.4) is 0 Å². The highest BCUT2D eigenvalue weighted by molar-refractivity contribution is 5.28. The van der Waals surface area contributed by atoms with Crippen molar-refractivity contribution in [3.8, 4) is 0 Å². The average molecular weight is 338 g/mol. The van der Waals surface area contributed by atoms with Crippen molar-refractivity contribution in [3.63, 3.8) is 0 Å². The molecule has 2 N–H and O–H groups in total. The van der Waals surface area contributed by atoms with Gasteiger partial charge in [0.05, 0.1) is 11.7 Å². The summed E-state index contributed by atoms with van der Waals surface area (Å²) in [5, 5.41) is 13.4. The lowest BCUT2D eigenvalue weighted by Gasteiger charge is -2.22. The summed E-state index contributed by atoms with van der Waals surface area (Å²) in [4.78, 5) is 3.89. The van der Waals surface area contributed by atoms with E-state index in [1.165, 1.54) is 12.1 Å². The van der Waals surface area contributed by atoms with Crippen molar-refractivity contribution in [2.45, 2.75) is 38.1 Å². The number of aliphatic hydroxyl groups is 1. The van der Waals surface area contributed by atoms with Gasteiger partial charge in [0.25, 0.3) is 0 Å². The van der Waals surface area contributed by atoms with E-state index in [-0.39, 0.29) is 12.6 Å². The summed E-state index contributed by atoms with van der Waals surface area (Å²) in [6, 6.07) is 8.53. The van der Waals surface area contributed by atoms with Crippen LogP contribution in [-0.2, 0) is 6.18 Å². The highest BCUT2D eigenvalue weighted by Crippen LogP contribution is 2.31. The third-order valence-electron chi connectivity index (χ3n) is 3.84. The molecule has 0 saturated carbocycles. The molecule has 2 atom stereocenters. The standard InChI is InChI=1S/C18H21F3N2O/c1-2-4-16(14-5-3-6-15(11-14)18(19,20)21)23-12-17(24)13-7-9-22-10-8-13/h3,5-11,16-17,23-24H,2,4,12H2,1H3. The van der Waals surface area contributed by atoms with E-state index in [0.29, 0.717) is 12.0 Å². The van der Waals surface area contributed by atoms with E-state index in [2.05, 4.69) is 10.3 Å². The fourth-order valence-corrected chi connectivity index (χ4v) is 2.56. The molecule has 0 aliphatic rings. The molecule has 130 valence electrons. The Morgan fingerprint density at radius 2 is 1.83 bits per heavy atom. The average Bonchev–Trinajstić information content (AvgIpc) is 2.58. The van der Waals surface area contributed by atoms with E-state index in [1.807, 2.05) is 6.92 Å². The summed E-state index contributed by atoms with van der Waals surface area (Å²) < 4.78 is 38.7. The van der Waals surface area contributed by atoms with Gasteiger partial charge in [-0.15, -0.1) is 0 Å². The molecule has 2 unspecified atom stereocenters. The van der Waals surface area contributed by atoms with Gasteiger partial charge >= 0.3 is 6.18 Å². The van der Waals surface area contributed by atoms with Gasteiger partial charge < -0.3 is 10.4 Å². The second kappa shape index (κ2) is 8.26. The van der Waals surface area contributed by atoms with E-state index in [0.717, 1.165) is 18.1 Å². The number of hydrogen-bond donors (Lipinski definition) is 2. The van der Waals surface area contributed by atoms with E-state index in [1.54, 1.807) is 30.6 Å². The number of nitrogens with zero attached hydrogens (tertiary/aromatic N) is 1. The Labute approximate surface area is 139 Å².